The van der Waals surface area contributed by atoms with E-state index in [9.17, 15) is 4.39 Å². The lowest BCUT2D eigenvalue weighted by Crippen LogP contribution is -2.12. The molecule has 0 aliphatic carbocycles. The Labute approximate surface area is 198 Å². The molecule has 0 atom stereocenters. The molecule has 0 amide bonds. The van der Waals surface area contributed by atoms with Crippen LogP contribution in [0.2, 0.25) is 0 Å². The Kier molecular flexibility index (Phi) is 5.93. The van der Waals surface area contributed by atoms with Crippen LogP contribution in [-0.4, -0.2) is 36.1 Å². The predicted molar refractivity (Wildman–Crippen MR) is 134 cm³/mol. The molecule has 5 rings (SSSR count). The summed E-state index contributed by atoms with van der Waals surface area (Å²) in [5.74, 6) is 0.788. The SMILES string of the molecule is CC(C)n1nc(-c2ccc3c(c2F)CCN3)c2c(N)ncnc21.Cn1nc(C(C)(C)C)cc1N. The summed E-state index contributed by atoms with van der Waals surface area (Å²) >= 11 is 0. The van der Waals surface area contributed by atoms with Crippen LogP contribution in [0.4, 0.5) is 21.7 Å². The Balaban J connectivity index is 0.000000210. The quantitative estimate of drug-likeness (QED) is 0.407. The van der Waals surface area contributed by atoms with Gasteiger partial charge in [-0.3, -0.25) is 4.68 Å². The molecule has 0 radical (unpaired) electrons. The van der Waals surface area contributed by atoms with Gasteiger partial charge in [0.25, 0.3) is 0 Å². The zero-order valence-electron chi connectivity index (χ0n) is 20.5. The van der Waals surface area contributed by atoms with E-state index in [0.29, 0.717) is 40.1 Å². The van der Waals surface area contributed by atoms with Crippen molar-refractivity contribution in [2.45, 2.75) is 52.5 Å². The maximum Gasteiger partial charge on any atom is 0.164 e. The second kappa shape index (κ2) is 8.58. The molecule has 4 aromatic rings. The number of hydrogen-bond donors (Lipinski definition) is 3. The molecule has 9 nitrogen and oxygen atoms in total. The summed E-state index contributed by atoms with van der Waals surface area (Å²) in [6.45, 7) is 11.1. The average molecular weight is 466 g/mol. The molecular weight excluding hydrogens is 433 g/mol. The number of nitrogens with two attached hydrogens (primary N) is 2. The van der Waals surface area contributed by atoms with Crippen molar-refractivity contribution in [3.63, 3.8) is 0 Å². The summed E-state index contributed by atoms with van der Waals surface area (Å²) < 4.78 is 18.4. The first-order chi connectivity index (χ1) is 16.0. The number of nitrogens with zero attached hydrogens (tertiary/aromatic N) is 6. The van der Waals surface area contributed by atoms with Crippen LogP contribution < -0.4 is 16.8 Å². The summed E-state index contributed by atoms with van der Waals surface area (Å²) in [6.07, 6.45) is 2.08. The van der Waals surface area contributed by atoms with Crippen LogP contribution in [0.5, 0.6) is 0 Å². The third kappa shape index (κ3) is 4.15. The van der Waals surface area contributed by atoms with Crippen LogP contribution in [0.25, 0.3) is 22.3 Å². The lowest BCUT2D eigenvalue weighted by Gasteiger charge is -2.13. The van der Waals surface area contributed by atoms with Crippen LogP contribution >= 0.6 is 0 Å². The minimum Gasteiger partial charge on any atom is -0.384 e. The van der Waals surface area contributed by atoms with Crippen LogP contribution in [0.1, 0.15) is 51.9 Å². The number of nitrogen functional groups attached to an aromatic ring is 2. The molecular formula is C24H32FN9. The highest BCUT2D eigenvalue weighted by Crippen LogP contribution is 2.37. The zero-order valence-corrected chi connectivity index (χ0v) is 20.5. The smallest absolute Gasteiger partial charge is 0.164 e. The first-order valence-corrected chi connectivity index (χ1v) is 11.3. The number of fused-ring (bicyclic) bond motifs is 2. The molecule has 4 heterocycles. The highest BCUT2D eigenvalue weighted by atomic mass is 19.1. The molecule has 5 N–H and O–H groups in total. The number of anilines is 3. The summed E-state index contributed by atoms with van der Waals surface area (Å²) in [7, 11) is 1.85. The molecule has 3 aromatic heterocycles. The van der Waals surface area contributed by atoms with Gasteiger partial charge in [0.1, 0.15) is 29.5 Å². The van der Waals surface area contributed by atoms with Gasteiger partial charge in [0.05, 0.1) is 11.1 Å². The third-order valence-electron chi connectivity index (χ3n) is 5.88. The van der Waals surface area contributed by atoms with Gasteiger partial charge in [0, 0.05) is 47.9 Å². The normalized spacial score (nSPS) is 13.1. The Hall–Kier alpha value is -3.69. The minimum absolute atomic E-state index is 0.0831. The van der Waals surface area contributed by atoms with Gasteiger partial charge in [0.2, 0.25) is 0 Å². The maximum absolute atomic E-state index is 15.0. The van der Waals surface area contributed by atoms with Gasteiger partial charge in [0.15, 0.2) is 5.65 Å². The van der Waals surface area contributed by atoms with E-state index in [1.54, 1.807) is 15.4 Å². The summed E-state index contributed by atoms with van der Waals surface area (Å²) in [4.78, 5) is 8.33. The summed E-state index contributed by atoms with van der Waals surface area (Å²) in [5.41, 5.74) is 15.9. The lowest BCUT2D eigenvalue weighted by atomic mass is 9.92. The molecule has 180 valence electrons. The molecule has 0 spiro atoms. The van der Waals surface area contributed by atoms with Gasteiger partial charge < -0.3 is 16.8 Å². The van der Waals surface area contributed by atoms with E-state index in [-0.39, 0.29) is 17.3 Å². The fraction of sp³-hybridized carbons (Fsp3) is 0.417. The van der Waals surface area contributed by atoms with Gasteiger partial charge in [-0.15, -0.1) is 0 Å². The molecule has 0 bridgehead atoms. The van der Waals surface area contributed by atoms with Crippen LogP contribution in [0.15, 0.2) is 24.5 Å². The summed E-state index contributed by atoms with van der Waals surface area (Å²) in [6, 6.07) is 5.63. The molecule has 0 fully saturated rings. The fourth-order valence-electron chi connectivity index (χ4n) is 3.93. The molecule has 1 aliphatic heterocycles. The van der Waals surface area contributed by atoms with Crippen molar-refractivity contribution >= 4 is 28.4 Å². The Morgan fingerprint density at radius 3 is 2.44 bits per heavy atom. The largest absolute Gasteiger partial charge is 0.384 e. The van der Waals surface area contributed by atoms with E-state index in [2.05, 4.69) is 46.3 Å². The van der Waals surface area contributed by atoms with E-state index < -0.39 is 0 Å². The first-order valence-electron chi connectivity index (χ1n) is 11.3. The lowest BCUT2D eigenvalue weighted by molar-refractivity contribution is 0.546. The van der Waals surface area contributed by atoms with E-state index >= 15 is 0 Å². The molecule has 1 aromatic carbocycles. The molecule has 0 saturated heterocycles. The molecule has 34 heavy (non-hydrogen) atoms. The topological polar surface area (TPSA) is 125 Å². The first kappa shape index (κ1) is 23.5. The van der Waals surface area contributed by atoms with Gasteiger partial charge in [-0.2, -0.15) is 10.2 Å². The van der Waals surface area contributed by atoms with Crippen molar-refractivity contribution in [1.29, 1.82) is 0 Å². The van der Waals surface area contributed by atoms with E-state index in [1.807, 2.05) is 33.0 Å². The molecule has 1 aliphatic rings. The van der Waals surface area contributed by atoms with Gasteiger partial charge in [-0.25, -0.2) is 19.0 Å². The molecule has 0 unspecified atom stereocenters. The van der Waals surface area contributed by atoms with Crippen molar-refractivity contribution in [2.24, 2.45) is 7.05 Å². The van der Waals surface area contributed by atoms with Crippen molar-refractivity contribution in [3.05, 3.63) is 41.6 Å². The second-order valence-electron chi connectivity index (χ2n) is 9.80. The van der Waals surface area contributed by atoms with Crippen molar-refractivity contribution in [2.75, 3.05) is 23.3 Å². The Morgan fingerprint density at radius 1 is 1.12 bits per heavy atom. The zero-order chi connectivity index (χ0) is 24.8. The van der Waals surface area contributed by atoms with Crippen molar-refractivity contribution in [3.8, 4) is 11.3 Å². The number of rotatable bonds is 2. The third-order valence-corrected chi connectivity index (χ3v) is 5.88. The standard InChI is InChI=1S/C16H17FN6.C8H15N3/c1-8(2)23-16-12(15(18)20-7-21-16)14(22-23)10-3-4-11-9(13(10)17)5-6-19-11;1-8(2,3)6-5-7(9)11(4)10-6/h3-4,7-8,19H,5-6H2,1-2H3,(H2,18,20,21);5H,9H2,1-4H3. The Morgan fingerprint density at radius 2 is 1.85 bits per heavy atom. The van der Waals surface area contributed by atoms with E-state index in [4.69, 9.17) is 11.5 Å². The second-order valence-corrected chi connectivity index (χ2v) is 9.80. The fourth-order valence-corrected chi connectivity index (χ4v) is 3.93. The molecule has 0 saturated carbocycles. The monoisotopic (exact) mass is 465 g/mol. The number of halogens is 1. The van der Waals surface area contributed by atoms with Gasteiger partial charge in [-0.05, 0) is 32.4 Å². The van der Waals surface area contributed by atoms with E-state index in [0.717, 1.165) is 23.7 Å². The predicted octanol–water partition coefficient (Wildman–Crippen LogP) is 4.06. The highest BCUT2D eigenvalue weighted by Gasteiger charge is 2.24. The van der Waals surface area contributed by atoms with Crippen LogP contribution in [0, 0.1) is 5.82 Å². The number of aromatic nitrogens is 6. The van der Waals surface area contributed by atoms with Crippen LogP contribution in [-0.2, 0) is 18.9 Å². The Bertz CT molecular complexity index is 1330. The van der Waals surface area contributed by atoms with Gasteiger partial charge >= 0.3 is 0 Å². The highest BCUT2D eigenvalue weighted by molar-refractivity contribution is 5.98. The number of nitrogens with one attached hydrogen (secondary N) is 1. The minimum atomic E-state index is -0.244. The number of hydrogen-bond acceptors (Lipinski definition) is 7. The van der Waals surface area contributed by atoms with Gasteiger partial charge in [-0.1, -0.05) is 20.8 Å². The number of aryl methyl sites for hydroxylation is 1. The summed E-state index contributed by atoms with van der Waals surface area (Å²) in [5, 5.41) is 12.6. The van der Waals surface area contributed by atoms with Crippen LogP contribution in [0.3, 0.4) is 0 Å². The number of benzene rings is 1. The average Bonchev–Trinajstić information content (AvgIpc) is 3.47. The van der Waals surface area contributed by atoms with E-state index in [1.165, 1.54) is 6.33 Å². The molecule has 10 heteroatoms. The maximum atomic E-state index is 15.0. The van der Waals surface area contributed by atoms with Crippen molar-refractivity contribution in [1.82, 2.24) is 29.5 Å². The van der Waals surface area contributed by atoms with Crippen molar-refractivity contribution < 1.29 is 4.39 Å².